The van der Waals surface area contributed by atoms with Crippen molar-refractivity contribution in [2.75, 3.05) is 24.6 Å². The Morgan fingerprint density at radius 2 is 1.66 bits per heavy atom. The number of carbonyl (C=O) groups excluding carboxylic acids is 3. The van der Waals surface area contributed by atoms with Gasteiger partial charge in [0.2, 0.25) is 0 Å². The van der Waals surface area contributed by atoms with E-state index in [9.17, 15) is 14.4 Å². The topological polar surface area (TPSA) is 66.9 Å². The molecule has 1 fully saturated rings. The number of hydrogen-bond donors (Lipinski definition) is 0. The minimum atomic E-state index is -0.406. The highest BCUT2D eigenvalue weighted by Crippen LogP contribution is 2.30. The van der Waals surface area contributed by atoms with Crippen LogP contribution in [0.25, 0.3) is 0 Å². The maximum Gasteiger partial charge on any atom is 0.266 e. The van der Waals surface area contributed by atoms with Crippen LogP contribution in [0.2, 0.25) is 0 Å². The van der Waals surface area contributed by atoms with Crippen LogP contribution in [-0.2, 0) is 0 Å². The average molecular weight is 392 g/mol. The van der Waals surface area contributed by atoms with Gasteiger partial charge in [-0.25, -0.2) is 4.90 Å². The van der Waals surface area contributed by atoms with Gasteiger partial charge >= 0.3 is 0 Å². The molecule has 2 aliphatic rings. The molecule has 0 atom stereocenters. The van der Waals surface area contributed by atoms with Crippen LogP contribution in [0.3, 0.4) is 0 Å². The summed E-state index contributed by atoms with van der Waals surface area (Å²) in [7, 11) is 0. The number of fused-ring (bicyclic) bond motifs is 1. The molecule has 2 aliphatic heterocycles. The van der Waals surface area contributed by atoms with Crippen LogP contribution in [0.5, 0.6) is 5.75 Å². The number of likely N-dealkylation sites (tertiary alicyclic amines) is 1. The van der Waals surface area contributed by atoms with E-state index in [1.807, 2.05) is 11.8 Å². The van der Waals surface area contributed by atoms with Crippen molar-refractivity contribution in [3.63, 3.8) is 0 Å². The second-order valence-electron chi connectivity index (χ2n) is 7.61. The van der Waals surface area contributed by atoms with Crippen LogP contribution in [-0.4, -0.2) is 42.3 Å². The highest BCUT2D eigenvalue weighted by molar-refractivity contribution is 6.34. The molecule has 1 saturated heterocycles. The molecule has 0 saturated carbocycles. The molecule has 2 aromatic carbocycles. The summed E-state index contributed by atoms with van der Waals surface area (Å²) in [5.41, 5.74) is 1.54. The van der Waals surface area contributed by atoms with Gasteiger partial charge in [0.25, 0.3) is 17.7 Å². The van der Waals surface area contributed by atoms with Gasteiger partial charge in [0, 0.05) is 18.7 Å². The van der Waals surface area contributed by atoms with Crippen molar-refractivity contribution >= 4 is 23.4 Å². The first kappa shape index (κ1) is 19.2. The Kier molecular flexibility index (Phi) is 5.09. The van der Waals surface area contributed by atoms with Crippen molar-refractivity contribution in [2.24, 2.45) is 5.92 Å². The van der Waals surface area contributed by atoms with Gasteiger partial charge in [0.15, 0.2) is 0 Å². The lowest BCUT2D eigenvalue weighted by atomic mass is 9.98. The number of amides is 3. The summed E-state index contributed by atoms with van der Waals surface area (Å²) in [5, 5.41) is 0. The molecule has 0 spiro atoms. The van der Waals surface area contributed by atoms with Crippen LogP contribution in [0, 0.1) is 5.92 Å². The highest BCUT2D eigenvalue weighted by atomic mass is 16.5. The fraction of sp³-hybridized carbons (Fsp3) is 0.348. The fourth-order valence-corrected chi connectivity index (χ4v) is 3.86. The Hall–Kier alpha value is -3.15. The Morgan fingerprint density at radius 1 is 1.00 bits per heavy atom. The van der Waals surface area contributed by atoms with Gasteiger partial charge in [-0.05, 0) is 68.1 Å². The lowest BCUT2D eigenvalue weighted by Gasteiger charge is -2.30. The Bertz CT molecular complexity index is 959. The lowest BCUT2D eigenvalue weighted by Crippen LogP contribution is -2.38. The van der Waals surface area contributed by atoms with E-state index in [1.54, 1.807) is 42.5 Å². The minimum absolute atomic E-state index is 0.0838. The predicted molar refractivity (Wildman–Crippen MR) is 109 cm³/mol. The van der Waals surface area contributed by atoms with Gasteiger partial charge in [-0.3, -0.25) is 14.4 Å². The number of ether oxygens (including phenoxy) is 1. The Labute approximate surface area is 170 Å². The smallest absolute Gasteiger partial charge is 0.266 e. The van der Waals surface area contributed by atoms with E-state index in [4.69, 9.17) is 4.74 Å². The molecule has 2 aromatic rings. The third-order valence-corrected chi connectivity index (χ3v) is 5.61. The summed E-state index contributed by atoms with van der Waals surface area (Å²) < 4.78 is 5.41. The number of carbonyl (C=O) groups is 3. The van der Waals surface area contributed by atoms with E-state index in [2.05, 4.69) is 6.92 Å². The maximum absolute atomic E-state index is 13.0. The van der Waals surface area contributed by atoms with Crippen molar-refractivity contribution in [1.82, 2.24) is 4.90 Å². The molecule has 3 amide bonds. The largest absolute Gasteiger partial charge is 0.494 e. The minimum Gasteiger partial charge on any atom is -0.494 e. The molecule has 0 unspecified atom stereocenters. The van der Waals surface area contributed by atoms with Crippen molar-refractivity contribution in [1.29, 1.82) is 0 Å². The first-order valence-electron chi connectivity index (χ1n) is 10.0. The molecule has 0 aliphatic carbocycles. The second kappa shape index (κ2) is 7.70. The standard InChI is InChI=1S/C23H24N2O4/c1-3-29-18-7-5-17(6-8-18)25-22(27)19-9-4-16(14-20(19)23(25)28)21(26)24-12-10-15(2)11-13-24/h4-9,14-15H,3,10-13H2,1-2H3. The zero-order chi connectivity index (χ0) is 20.5. The summed E-state index contributed by atoms with van der Waals surface area (Å²) >= 11 is 0. The summed E-state index contributed by atoms with van der Waals surface area (Å²) in [6.07, 6.45) is 1.97. The Morgan fingerprint density at radius 3 is 2.31 bits per heavy atom. The normalized spacial score (nSPS) is 16.9. The van der Waals surface area contributed by atoms with Gasteiger partial charge in [0.1, 0.15) is 5.75 Å². The van der Waals surface area contributed by atoms with Gasteiger partial charge in [-0.15, -0.1) is 0 Å². The van der Waals surface area contributed by atoms with E-state index in [0.717, 1.165) is 30.8 Å². The average Bonchev–Trinajstić information content (AvgIpc) is 2.99. The SMILES string of the molecule is CCOc1ccc(N2C(=O)c3ccc(C(=O)N4CCC(C)CC4)cc3C2=O)cc1. The number of imide groups is 1. The molecule has 6 heteroatoms. The van der Waals surface area contributed by atoms with E-state index in [0.29, 0.717) is 35.1 Å². The maximum atomic E-state index is 13.0. The molecule has 6 nitrogen and oxygen atoms in total. The van der Waals surface area contributed by atoms with Crippen LogP contribution in [0.15, 0.2) is 42.5 Å². The van der Waals surface area contributed by atoms with Crippen LogP contribution in [0.1, 0.15) is 57.8 Å². The van der Waals surface area contributed by atoms with Gasteiger partial charge in [-0.2, -0.15) is 0 Å². The molecule has 150 valence electrons. The zero-order valence-electron chi connectivity index (χ0n) is 16.7. The van der Waals surface area contributed by atoms with Crippen molar-refractivity contribution in [3.8, 4) is 5.75 Å². The number of rotatable bonds is 4. The molecule has 0 N–H and O–H groups in total. The molecule has 0 radical (unpaired) electrons. The number of hydrogen-bond acceptors (Lipinski definition) is 4. The highest BCUT2D eigenvalue weighted by Gasteiger charge is 2.37. The van der Waals surface area contributed by atoms with E-state index in [1.165, 1.54) is 0 Å². The van der Waals surface area contributed by atoms with Crippen molar-refractivity contribution in [3.05, 3.63) is 59.2 Å². The third-order valence-electron chi connectivity index (χ3n) is 5.61. The molecule has 0 bridgehead atoms. The van der Waals surface area contributed by atoms with E-state index >= 15 is 0 Å². The number of benzene rings is 2. The predicted octanol–water partition coefficient (Wildman–Crippen LogP) is 3.76. The fourth-order valence-electron chi connectivity index (χ4n) is 3.86. The first-order valence-corrected chi connectivity index (χ1v) is 10.0. The molecule has 4 rings (SSSR count). The molecular formula is C23H24N2O4. The van der Waals surface area contributed by atoms with Gasteiger partial charge in [0.05, 0.1) is 23.4 Å². The van der Waals surface area contributed by atoms with Crippen molar-refractivity contribution < 1.29 is 19.1 Å². The van der Waals surface area contributed by atoms with Crippen molar-refractivity contribution in [2.45, 2.75) is 26.7 Å². The molecule has 29 heavy (non-hydrogen) atoms. The quantitative estimate of drug-likeness (QED) is 0.743. The number of nitrogens with zero attached hydrogens (tertiary/aromatic N) is 2. The lowest BCUT2D eigenvalue weighted by molar-refractivity contribution is 0.0697. The van der Waals surface area contributed by atoms with Crippen LogP contribution < -0.4 is 9.64 Å². The summed E-state index contributed by atoms with van der Waals surface area (Å²) in [4.78, 5) is 41.6. The van der Waals surface area contributed by atoms with E-state index in [-0.39, 0.29) is 17.4 Å². The Balaban J connectivity index is 1.58. The number of anilines is 1. The summed E-state index contributed by atoms with van der Waals surface area (Å²) in [5.74, 6) is 0.438. The van der Waals surface area contributed by atoms with Crippen LogP contribution in [0.4, 0.5) is 5.69 Å². The first-order chi connectivity index (χ1) is 14.0. The summed E-state index contributed by atoms with van der Waals surface area (Å²) in [6.45, 7) is 6.07. The second-order valence-corrected chi connectivity index (χ2v) is 7.61. The monoisotopic (exact) mass is 392 g/mol. The third kappa shape index (κ3) is 3.50. The van der Waals surface area contributed by atoms with Gasteiger partial charge < -0.3 is 9.64 Å². The molecule has 0 aromatic heterocycles. The molecule has 2 heterocycles. The van der Waals surface area contributed by atoms with Gasteiger partial charge in [-0.1, -0.05) is 6.92 Å². The van der Waals surface area contributed by atoms with Crippen LogP contribution >= 0.6 is 0 Å². The van der Waals surface area contributed by atoms with E-state index < -0.39 is 5.91 Å². The number of piperidine rings is 1. The zero-order valence-corrected chi connectivity index (χ0v) is 16.7. The summed E-state index contributed by atoms with van der Waals surface area (Å²) in [6, 6.07) is 11.6. The molecular weight excluding hydrogens is 368 g/mol.